The molecular formula is C29H27NO3. The summed E-state index contributed by atoms with van der Waals surface area (Å²) in [6.07, 6.45) is 4.20. The highest BCUT2D eigenvalue weighted by molar-refractivity contribution is 5.78. The first-order chi connectivity index (χ1) is 16.2. The summed E-state index contributed by atoms with van der Waals surface area (Å²) in [5.74, 6) is 2.51. The van der Waals surface area contributed by atoms with Gasteiger partial charge in [-0.1, -0.05) is 36.4 Å². The van der Waals surface area contributed by atoms with Gasteiger partial charge in [-0.3, -0.25) is 0 Å². The Hall–Kier alpha value is -4.18. The first-order valence-electron chi connectivity index (χ1n) is 10.7. The molecule has 0 N–H and O–H groups in total. The van der Waals surface area contributed by atoms with Crippen molar-refractivity contribution < 1.29 is 14.2 Å². The quantitative estimate of drug-likeness (QED) is 0.270. The van der Waals surface area contributed by atoms with Gasteiger partial charge in [-0.2, -0.15) is 0 Å². The third-order valence-electron chi connectivity index (χ3n) is 5.40. The Labute approximate surface area is 195 Å². The minimum atomic E-state index is 0.826. The number of hydrogen-bond acceptors (Lipinski definition) is 4. The lowest BCUT2D eigenvalue weighted by Gasteiger charge is -2.26. The SMILES string of the molecule is COc1ccc(/C=C/c2ccc(N(c3ccc(OC)cc3)c3ccc(OC)cc3)cc2)cc1. The van der Waals surface area contributed by atoms with Gasteiger partial charge in [0.1, 0.15) is 17.2 Å². The Bertz CT molecular complexity index is 1130. The van der Waals surface area contributed by atoms with Crippen LogP contribution in [0.2, 0.25) is 0 Å². The Kier molecular flexibility index (Phi) is 6.96. The molecule has 0 aliphatic rings. The van der Waals surface area contributed by atoms with E-state index in [0.717, 1.165) is 45.4 Å². The average Bonchev–Trinajstić information content (AvgIpc) is 2.89. The van der Waals surface area contributed by atoms with Gasteiger partial charge in [-0.15, -0.1) is 0 Å². The van der Waals surface area contributed by atoms with Crippen LogP contribution in [0.5, 0.6) is 17.2 Å². The van der Waals surface area contributed by atoms with Crippen LogP contribution in [0, 0.1) is 0 Å². The summed E-state index contributed by atoms with van der Waals surface area (Å²) in [5.41, 5.74) is 5.40. The second-order valence-corrected chi connectivity index (χ2v) is 7.43. The molecule has 0 aliphatic carbocycles. The zero-order valence-corrected chi connectivity index (χ0v) is 19.1. The largest absolute Gasteiger partial charge is 0.497 e. The van der Waals surface area contributed by atoms with Crippen molar-refractivity contribution in [2.75, 3.05) is 26.2 Å². The molecule has 0 amide bonds. The fraction of sp³-hybridized carbons (Fsp3) is 0.103. The maximum atomic E-state index is 5.33. The molecule has 0 spiro atoms. The standard InChI is InChI=1S/C29H27NO3/c1-31-27-16-8-23(9-17-27)5-4-22-6-10-24(11-7-22)30(25-12-18-28(32-2)19-13-25)26-14-20-29(33-3)21-15-26/h4-21H,1-3H3/b5-4+. The van der Waals surface area contributed by atoms with Crippen molar-refractivity contribution in [2.24, 2.45) is 0 Å². The molecule has 4 aromatic carbocycles. The molecule has 0 unspecified atom stereocenters. The number of ether oxygens (including phenoxy) is 3. The third kappa shape index (κ3) is 5.36. The zero-order chi connectivity index (χ0) is 23.0. The van der Waals surface area contributed by atoms with E-state index in [2.05, 4.69) is 65.6 Å². The highest BCUT2D eigenvalue weighted by Gasteiger charge is 2.12. The molecule has 4 nitrogen and oxygen atoms in total. The van der Waals surface area contributed by atoms with Crippen LogP contribution < -0.4 is 19.1 Å². The first-order valence-corrected chi connectivity index (χ1v) is 10.7. The van der Waals surface area contributed by atoms with Crippen molar-refractivity contribution in [3.63, 3.8) is 0 Å². The minimum absolute atomic E-state index is 0.826. The molecule has 0 aromatic heterocycles. The number of methoxy groups -OCH3 is 3. The summed E-state index contributed by atoms with van der Waals surface area (Å²) < 4.78 is 15.9. The Morgan fingerprint density at radius 3 is 1.03 bits per heavy atom. The van der Waals surface area contributed by atoms with Crippen molar-refractivity contribution in [1.29, 1.82) is 0 Å². The molecule has 166 valence electrons. The van der Waals surface area contributed by atoms with E-state index in [0.29, 0.717) is 0 Å². The van der Waals surface area contributed by atoms with E-state index in [-0.39, 0.29) is 0 Å². The number of rotatable bonds is 8. The lowest BCUT2D eigenvalue weighted by Crippen LogP contribution is -2.09. The molecule has 4 aromatic rings. The number of anilines is 3. The van der Waals surface area contributed by atoms with Gasteiger partial charge in [0.25, 0.3) is 0 Å². The Morgan fingerprint density at radius 1 is 0.424 bits per heavy atom. The van der Waals surface area contributed by atoms with Crippen molar-refractivity contribution in [3.05, 3.63) is 108 Å². The predicted molar refractivity (Wildman–Crippen MR) is 136 cm³/mol. The van der Waals surface area contributed by atoms with Crippen molar-refractivity contribution in [2.45, 2.75) is 0 Å². The van der Waals surface area contributed by atoms with Gasteiger partial charge in [-0.05, 0) is 83.9 Å². The fourth-order valence-corrected chi connectivity index (χ4v) is 3.55. The van der Waals surface area contributed by atoms with Crippen LogP contribution in [0.15, 0.2) is 97.1 Å². The number of nitrogens with zero attached hydrogens (tertiary/aromatic N) is 1. The summed E-state index contributed by atoms with van der Waals surface area (Å²) in [7, 11) is 5.02. The van der Waals surface area contributed by atoms with Gasteiger partial charge >= 0.3 is 0 Å². The van der Waals surface area contributed by atoms with E-state index < -0.39 is 0 Å². The summed E-state index contributed by atoms with van der Waals surface area (Å²) in [6.45, 7) is 0. The average molecular weight is 438 g/mol. The maximum absolute atomic E-state index is 5.33. The van der Waals surface area contributed by atoms with Gasteiger partial charge in [-0.25, -0.2) is 0 Å². The van der Waals surface area contributed by atoms with Crippen molar-refractivity contribution >= 4 is 29.2 Å². The van der Waals surface area contributed by atoms with Gasteiger partial charge in [0.15, 0.2) is 0 Å². The summed E-state index contributed by atoms with van der Waals surface area (Å²) in [4.78, 5) is 2.20. The smallest absolute Gasteiger partial charge is 0.119 e. The van der Waals surface area contributed by atoms with E-state index >= 15 is 0 Å². The van der Waals surface area contributed by atoms with E-state index in [1.165, 1.54) is 0 Å². The molecule has 33 heavy (non-hydrogen) atoms. The predicted octanol–water partition coefficient (Wildman–Crippen LogP) is 7.35. The molecule has 0 fully saturated rings. The minimum Gasteiger partial charge on any atom is -0.497 e. The molecular weight excluding hydrogens is 410 g/mol. The van der Waals surface area contributed by atoms with Crippen LogP contribution in [0.3, 0.4) is 0 Å². The molecule has 0 bridgehead atoms. The molecule has 4 rings (SSSR count). The summed E-state index contributed by atoms with van der Waals surface area (Å²) >= 11 is 0. The van der Waals surface area contributed by atoms with Gasteiger partial charge < -0.3 is 19.1 Å². The van der Waals surface area contributed by atoms with Crippen LogP contribution in [-0.2, 0) is 0 Å². The Morgan fingerprint density at radius 2 is 0.697 bits per heavy atom. The fourth-order valence-electron chi connectivity index (χ4n) is 3.55. The van der Waals surface area contributed by atoms with E-state index in [4.69, 9.17) is 14.2 Å². The lowest BCUT2D eigenvalue weighted by molar-refractivity contribution is 0.414. The normalized spacial score (nSPS) is 10.8. The zero-order valence-electron chi connectivity index (χ0n) is 19.1. The monoisotopic (exact) mass is 437 g/mol. The molecule has 4 heteroatoms. The van der Waals surface area contributed by atoms with Gasteiger partial charge in [0.2, 0.25) is 0 Å². The van der Waals surface area contributed by atoms with E-state index in [1.807, 2.05) is 48.5 Å². The summed E-state index contributed by atoms with van der Waals surface area (Å²) in [6, 6.07) is 32.6. The maximum Gasteiger partial charge on any atom is 0.119 e. The van der Waals surface area contributed by atoms with Gasteiger partial charge in [0.05, 0.1) is 21.3 Å². The molecule has 0 aliphatic heterocycles. The highest BCUT2D eigenvalue weighted by Crippen LogP contribution is 2.36. The van der Waals surface area contributed by atoms with Crippen LogP contribution >= 0.6 is 0 Å². The van der Waals surface area contributed by atoms with Crippen LogP contribution in [0.4, 0.5) is 17.1 Å². The van der Waals surface area contributed by atoms with Crippen LogP contribution in [0.25, 0.3) is 12.2 Å². The molecule has 0 atom stereocenters. The lowest BCUT2D eigenvalue weighted by atomic mass is 10.1. The summed E-state index contributed by atoms with van der Waals surface area (Å²) in [5, 5.41) is 0. The molecule has 0 heterocycles. The van der Waals surface area contributed by atoms with Gasteiger partial charge in [0, 0.05) is 17.1 Å². The molecule has 0 radical (unpaired) electrons. The van der Waals surface area contributed by atoms with E-state index in [9.17, 15) is 0 Å². The number of hydrogen-bond donors (Lipinski definition) is 0. The number of benzene rings is 4. The van der Waals surface area contributed by atoms with Crippen LogP contribution in [0.1, 0.15) is 11.1 Å². The Balaban J connectivity index is 1.62. The highest BCUT2D eigenvalue weighted by atomic mass is 16.5. The van der Waals surface area contributed by atoms with E-state index in [1.54, 1.807) is 21.3 Å². The van der Waals surface area contributed by atoms with Crippen molar-refractivity contribution in [1.82, 2.24) is 0 Å². The first kappa shape index (κ1) is 22.0. The second-order valence-electron chi connectivity index (χ2n) is 7.43. The topological polar surface area (TPSA) is 30.9 Å². The van der Waals surface area contributed by atoms with Crippen LogP contribution in [-0.4, -0.2) is 21.3 Å². The molecule has 0 saturated heterocycles. The third-order valence-corrected chi connectivity index (χ3v) is 5.40. The van der Waals surface area contributed by atoms with Crippen molar-refractivity contribution in [3.8, 4) is 17.2 Å². The second kappa shape index (κ2) is 10.4. The molecule has 0 saturated carbocycles.